The first kappa shape index (κ1) is 19.9. The van der Waals surface area contributed by atoms with Gasteiger partial charge in [-0.15, -0.1) is 0 Å². The molecule has 0 spiro atoms. The van der Waals surface area contributed by atoms with Crippen molar-refractivity contribution < 1.29 is 4.74 Å². The molecule has 1 aliphatic heterocycles. The molecule has 1 aromatic heterocycles. The number of rotatable bonds is 7. The summed E-state index contributed by atoms with van der Waals surface area (Å²) in [4.78, 5) is 2.62. The van der Waals surface area contributed by atoms with Crippen LogP contribution < -0.4 is 10.1 Å². The van der Waals surface area contributed by atoms with Gasteiger partial charge in [-0.25, -0.2) is 0 Å². The van der Waals surface area contributed by atoms with Crippen LogP contribution in [-0.4, -0.2) is 41.4 Å². The van der Waals surface area contributed by atoms with Crippen LogP contribution in [0.1, 0.15) is 57.2 Å². The van der Waals surface area contributed by atoms with Crippen molar-refractivity contribution >= 4 is 0 Å². The molecule has 0 saturated carbocycles. The summed E-state index contributed by atoms with van der Waals surface area (Å²) in [5.74, 6) is 0.915. The quantitative estimate of drug-likeness (QED) is 0.801. The van der Waals surface area contributed by atoms with Gasteiger partial charge >= 0.3 is 0 Å². The van der Waals surface area contributed by atoms with E-state index in [-0.39, 0.29) is 5.54 Å². The van der Waals surface area contributed by atoms with Crippen molar-refractivity contribution in [1.82, 2.24) is 20.0 Å². The van der Waals surface area contributed by atoms with Crippen LogP contribution in [0.25, 0.3) is 0 Å². The van der Waals surface area contributed by atoms with Gasteiger partial charge in [0.05, 0.1) is 18.8 Å². The smallest absolute Gasteiger partial charge is 0.118 e. The maximum Gasteiger partial charge on any atom is 0.118 e. The third kappa shape index (κ3) is 5.33. The van der Waals surface area contributed by atoms with E-state index < -0.39 is 0 Å². The second kappa shape index (κ2) is 8.89. The lowest BCUT2D eigenvalue weighted by molar-refractivity contribution is 0.160. The van der Waals surface area contributed by atoms with Crippen molar-refractivity contribution in [2.45, 2.75) is 58.2 Å². The molecule has 1 unspecified atom stereocenters. The number of likely N-dealkylation sites (tertiary alicyclic amines) is 1. The topological polar surface area (TPSA) is 42.3 Å². The van der Waals surface area contributed by atoms with Gasteiger partial charge in [0.1, 0.15) is 5.75 Å². The van der Waals surface area contributed by atoms with Crippen LogP contribution in [-0.2, 0) is 12.1 Å². The Balaban J connectivity index is 1.64. The number of nitrogens with zero attached hydrogens (tertiary/aromatic N) is 3. The van der Waals surface area contributed by atoms with Crippen molar-refractivity contribution in [2.24, 2.45) is 0 Å². The second-order valence-electron chi connectivity index (χ2n) is 8.48. The summed E-state index contributed by atoms with van der Waals surface area (Å²) in [5.41, 5.74) is 2.62. The minimum atomic E-state index is 0.0255. The van der Waals surface area contributed by atoms with Gasteiger partial charge in [-0.2, -0.15) is 5.10 Å². The first-order chi connectivity index (χ1) is 13.0. The largest absolute Gasteiger partial charge is 0.497 e. The summed E-state index contributed by atoms with van der Waals surface area (Å²) < 4.78 is 7.36. The van der Waals surface area contributed by atoms with Gasteiger partial charge in [0, 0.05) is 30.9 Å². The minimum Gasteiger partial charge on any atom is -0.497 e. The fraction of sp³-hybridized carbons (Fsp3) is 0.591. The summed E-state index contributed by atoms with van der Waals surface area (Å²) in [6, 6.07) is 8.95. The zero-order valence-electron chi connectivity index (χ0n) is 17.2. The van der Waals surface area contributed by atoms with Gasteiger partial charge in [0.15, 0.2) is 0 Å². The normalized spacial score (nSPS) is 17.0. The molecule has 5 nitrogen and oxygen atoms in total. The molecule has 2 aromatic rings. The van der Waals surface area contributed by atoms with Crippen molar-refractivity contribution in [3.63, 3.8) is 0 Å². The molecule has 0 radical (unpaired) electrons. The molecule has 1 aliphatic rings. The summed E-state index contributed by atoms with van der Waals surface area (Å²) in [6.45, 7) is 10.7. The second-order valence-corrected chi connectivity index (χ2v) is 8.48. The van der Waals surface area contributed by atoms with E-state index in [4.69, 9.17) is 4.74 Å². The molecule has 0 amide bonds. The van der Waals surface area contributed by atoms with Crippen LogP contribution in [0.5, 0.6) is 5.75 Å². The Labute approximate surface area is 163 Å². The standard InChI is InChI=1S/C22H34N4O/c1-22(2,3)26-17-18(15-24-26)14-23-16-21(25-12-6-5-7-13-25)19-8-10-20(27-4)11-9-19/h8-11,15,17,21,23H,5-7,12-14,16H2,1-4H3. The third-order valence-electron chi connectivity index (χ3n) is 5.32. The minimum absolute atomic E-state index is 0.0255. The Morgan fingerprint density at radius 3 is 2.41 bits per heavy atom. The molecule has 5 heteroatoms. The molecule has 0 bridgehead atoms. The fourth-order valence-electron chi connectivity index (χ4n) is 3.69. The van der Waals surface area contributed by atoms with Crippen LogP contribution in [0, 0.1) is 0 Å². The molecule has 2 heterocycles. The lowest BCUT2D eigenvalue weighted by Crippen LogP contribution is -2.39. The number of hydrogen-bond acceptors (Lipinski definition) is 4. The lowest BCUT2D eigenvalue weighted by atomic mass is 10.0. The Bertz CT molecular complexity index is 696. The molecule has 0 aliphatic carbocycles. The van der Waals surface area contributed by atoms with E-state index in [0.29, 0.717) is 6.04 Å². The summed E-state index contributed by atoms with van der Waals surface area (Å²) in [7, 11) is 1.72. The highest BCUT2D eigenvalue weighted by molar-refractivity contribution is 5.29. The van der Waals surface area contributed by atoms with Gasteiger partial charge in [-0.3, -0.25) is 9.58 Å². The molecule has 1 aromatic carbocycles. The van der Waals surface area contributed by atoms with E-state index >= 15 is 0 Å². The molecular formula is C22H34N4O. The Morgan fingerprint density at radius 1 is 1.11 bits per heavy atom. The van der Waals surface area contributed by atoms with E-state index in [1.165, 1.54) is 43.5 Å². The van der Waals surface area contributed by atoms with Gasteiger partial charge in [-0.05, 0) is 64.4 Å². The van der Waals surface area contributed by atoms with E-state index in [2.05, 4.69) is 66.5 Å². The van der Waals surface area contributed by atoms with E-state index in [9.17, 15) is 0 Å². The lowest BCUT2D eigenvalue weighted by Gasteiger charge is -2.35. The highest BCUT2D eigenvalue weighted by Gasteiger charge is 2.22. The van der Waals surface area contributed by atoms with Crippen LogP contribution in [0.4, 0.5) is 0 Å². The predicted octanol–water partition coefficient (Wildman–Crippen LogP) is 3.96. The average Bonchev–Trinajstić information content (AvgIpc) is 3.16. The summed E-state index contributed by atoms with van der Waals surface area (Å²) >= 11 is 0. The van der Waals surface area contributed by atoms with Gasteiger partial charge in [0.25, 0.3) is 0 Å². The van der Waals surface area contributed by atoms with Gasteiger partial charge in [-0.1, -0.05) is 18.6 Å². The number of piperidine rings is 1. The van der Waals surface area contributed by atoms with Crippen LogP contribution in [0.2, 0.25) is 0 Å². The van der Waals surface area contributed by atoms with Crippen molar-refractivity contribution in [3.05, 3.63) is 47.8 Å². The average molecular weight is 371 g/mol. The zero-order chi connectivity index (χ0) is 19.3. The number of hydrogen-bond donors (Lipinski definition) is 1. The highest BCUT2D eigenvalue weighted by atomic mass is 16.5. The molecule has 27 heavy (non-hydrogen) atoms. The SMILES string of the molecule is COc1ccc(C(CNCc2cnn(C(C)(C)C)c2)N2CCCCC2)cc1. The number of nitrogens with one attached hydrogen (secondary N) is 1. The van der Waals surface area contributed by atoms with Gasteiger partial charge in [0.2, 0.25) is 0 Å². The number of ether oxygens (including phenoxy) is 1. The van der Waals surface area contributed by atoms with Crippen LogP contribution in [0.3, 0.4) is 0 Å². The Morgan fingerprint density at radius 2 is 1.81 bits per heavy atom. The van der Waals surface area contributed by atoms with Gasteiger partial charge < -0.3 is 10.1 Å². The molecular weight excluding hydrogens is 336 g/mol. The van der Waals surface area contributed by atoms with Crippen LogP contribution >= 0.6 is 0 Å². The first-order valence-corrected chi connectivity index (χ1v) is 10.1. The predicted molar refractivity (Wildman–Crippen MR) is 110 cm³/mol. The number of aromatic nitrogens is 2. The van der Waals surface area contributed by atoms with Crippen molar-refractivity contribution in [2.75, 3.05) is 26.7 Å². The fourth-order valence-corrected chi connectivity index (χ4v) is 3.69. The number of methoxy groups -OCH3 is 1. The van der Waals surface area contributed by atoms with E-state index in [0.717, 1.165) is 18.8 Å². The molecule has 1 atom stereocenters. The third-order valence-corrected chi connectivity index (χ3v) is 5.32. The Kier molecular flexibility index (Phi) is 6.55. The zero-order valence-corrected chi connectivity index (χ0v) is 17.2. The molecule has 1 saturated heterocycles. The molecule has 1 fully saturated rings. The summed E-state index contributed by atoms with van der Waals surface area (Å²) in [5, 5.41) is 8.17. The summed E-state index contributed by atoms with van der Waals surface area (Å²) in [6.07, 6.45) is 8.07. The monoisotopic (exact) mass is 370 g/mol. The van der Waals surface area contributed by atoms with Crippen molar-refractivity contribution in [1.29, 1.82) is 0 Å². The Hall–Kier alpha value is -1.85. The molecule has 1 N–H and O–H groups in total. The van der Waals surface area contributed by atoms with E-state index in [1.54, 1.807) is 7.11 Å². The van der Waals surface area contributed by atoms with Crippen molar-refractivity contribution in [3.8, 4) is 5.75 Å². The van der Waals surface area contributed by atoms with E-state index in [1.807, 2.05) is 10.9 Å². The highest BCUT2D eigenvalue weighted by Crippen LogP contribution is 2.26. The number of benzene rings is 1. The van der Waals surface area contributed by atoms with Crippen LogP contribution in [0.15, 0.2) is 36.7 Å². The molecule has 148 valence electrons. The maximum absolute atomic E-state index is 5.32. The maximum atomic E-state index is 5.32. The first-order valence-electron chi connectivity index (χ1n) is 10.1. The molecule has 3 rings (SSSR count).